The molecule has 0 amide bonds. The van der Waals surface area contributed by atoms with Crippen molar-refractivity contribution in [2.45, 2.75) is 72.6 Å². The number of benzene rings is 1. The molecule has 0 radical (unpaired) electrons. The fraction of sp³-hybridized carbons (Fsp3) is 0.700. The first kappa shape index (κ1) is 20.2. The molecule has 0 saturated carbocycles. The Morgan fingerprint density at radius 3 is 2.00 bits per heavy atom. The number of hydrogen-bond acceptors (Lipinski definition) is 1. The van der Waals surface area contributed by atoms with Crippen LogP contribution in [0.3, 0.4) is 0 Å². The molecule has 0 bridgehead atoms. The lowest BCUT2D eigenvalue weighted by Gasteiger charge is -2.14. The lowest BCUT2D eigenvalue weighted by Crippen LogP contribution is -2.20. The molecule has 21 heavy (non-hydrogen) atoms. The van der Waals surface area contributed by atoms with Crippen molar-refractivity contribution in [1.29, 1.82) is 0 Å². The zero-order valence-corrected chi connectivity index (χ0v) is 15.1. The third kappa shape index (κ3) is 11.5. The average molecular weight is 292 g/mol. The number of unbranched alkanes of at least 4 members (excludes halogenated alkanes) is 4. The van der Waals surface area contributed by atoms with Gasteiger partial charge in [0, 0.05) is 0 Å². The predicted octanol–water partition coefficient (Wildman–Crippen LogP) is 5.86. The molecule has 1 heteroatoms. The van der Waals surface area contributed by atoms with E-state index in [1.165, 1.54) is 69.2 Å². The third-order valence-corrected chi connectivity index (χ3v) is 3.73. The molecule has 1 aromatic rings. The summed E-state index contributed by atoms with van der Waals surface area (Å²) in [7, 11) is 2.24. The maximum absolute atomic E-state index is 2.45. The highest BCUT2D eigenvalue weighted by molar-refractivity contribution is 5.21. The Balaban J connectivity index is 0.00000191. The Morgan fingerprint density at radius 2 is 1.38 bits per heavy atom. The topological polar surface area (TPSA) is 3.24 Å². The van der Waals surface area contributed by atoms with Crippen LogP contribution in [0.5, 0.6) is 0 Å². The van der Waals surface area contributed by atoms with Gasteiger partial charge in [0.2, 0.25) is 0 Å². The molecule has 1 nitrogen and oxygen atoms in total. The van der Waals surface area contributed by atoms with E-state index in [-0.39, 0.29) is 0 Å². The molecule has 0 aliphatic rings. The highest BCUT2D eigenvalue weighted by Crippen LogP contribution is 2.10. The normalized spacial score (nSPS) is 10.4. The van der Waals surface area contributed by atoms with Gasteiger partial charge < -0.3 is 4.90 Å². The highest BCUT2D eigenvalue weighted by Gasteiger charge is 1.97. The van der Waals surface area contributed by atoms with Gasteiger partial charge in [0.15, 0.2) is 0 Å². The zero-order chi connectivity index (χ0) is 15.9. The quantitative estimate of drug-likeness (QED) is 0.488. The molecule has 0 aliphatic carbocycles. The molecule has 0 aromatic heterocycles. The largest absolute Gasteiger partial charge is 0.306 e. The summed E-state index contributed by atoms with van der Waals surface area (Å²) in [5.41, 5.74) is 2.85. The molecule has 0 atom stereocenters. The molecule has 122 valence electrons. The lowest BCUT2D eigenvalue weighted by molar-refractivity contribution is 0.324. The van der Waals surface area contributed by atoms with Crippen LogP contribution in [-0.4, -0.2) is 25.0 Å². The molecule has 1 rings (SSSR count). The van der Waals surface area contributed by atoms with E-state index in [9.17, 15) is 0 Å². The minimum atomic E-state index is 1.24. The van der Waals surface area contributed by atoms with E-state index in [0.29, 0.717) is 0 Å². The molecule has 0 N–H and O–H groups in total. The van der Waals surface area contributed by atoms with E-state index in [4.69, 9.17) is 0 Å². The molecular formula is C20H37N. The third-order valence-electron chi connectivity index (χ3n) is 3.73. The molecule has 0 spiro atoms. The summed E-state index contributed by atoms with van der Waals surface area (Å²) in [6, 6.07) is 8.99. The van der Waals surface area contributed by atoms with Gasteiger partial charge in [-0.2, -0.15) is 0 Å². The van der Waals surface area contributed by atoms with Crippen molar-refractivity contribution in [2.24, 2.45) is 0 Å². The first-order valence-electron chi connectivity index (χ1n) is 8.96. The second kappa shape index (κ2) is 14.1. The highest BCUT2D eigenvalue weighted by atomic mass is 15.1. The Bertz CT molecular complexity index is 315. The van der Waals surface area contributed by atoms with Crippen molar-refractivity contribution in [3.63, 3.8) is 0 Å². The van der Waals surface area contributed by atoms with Crippen molar-refractivity contribution in [3.8, 4) is 0 Å². The van der Waals surface area contributed by atoms with Gasteiger partial charge in [0.25, 0.3) is 0 Å². The summed E-state index contributed by atoms with van der Waals surface area (Å²) >= 11 is 0. The number of nitrogens with zero attached hydrogens (tertiary/aromatic N) is 1. The Hall–Kier alpha value is -0.820. The maximum atomic E-state index is 2.45. The fourth-order valence-electron chi connectivity index (χ4n) is 2.49. The smallest absolute Gasteiger partial charge is 0.00218 e. The van der Waals surface area contributed by atoms with Gasteiger partial charge in [-0.05, 0) is 58.3 Å². The van der Waals surface area contributed by atoms with E-state index < -0.39 is 0 Å². The van der Waals surface area contributed by atoms with E-state index in [1.807, 2.05) is 13.8 Å². The molecule has 0 heterocycles. The summed E-state index contributed by atoms with van der Waals surface area (Å²) in [5.74, 6) is 0. The summed E-state index contributed by atoms with van der Waals surface area (Å²) in [4.78, 5) is 2.45. The minimum Gasteiger partial charge on any atom is -0.306 e. The number of aryl methyl sites for hydroxylation is 2. The van der Waals surface area contributed by atoms with E-state index >= 15 is 0 Å². The van der Waals surface area contributed by atoms with Crippen LogP contribution in [0.25, 0.3) is 0 Å². The maximum Gasteiger partial charge on any atom is -0.00218 e. The van der Waals surface area contributed by atoms with Gasteiger partial charge in [0.1, 0.15) is 0 Å². The van der Waals surface area contributed by atoms with Crippen LogP contribution in [-0.2, 0) is 6.42 Å². The van der Waals surface area contributed by atoms with E-state index in [1.54, 1.807) is 0 Å². The second-order valence-corrected chi connectivity index (χ2v) is 5.81. The van der Waals surface area contributed by atoms with Crippen LogP contribution in [0.1, 0.15) is 70.4 Å². The molecule has 0 aliphatic heterocycles. The summed E-state index contributed by atoms with van der Waals surface area (Å²) in [6.45, 7) is 10.9. The minimum absolute atomic E-state index is 1.24. The Labute approximate surface area is 133 Å². The second-order valence-electron chi connectivity index (χ2n) is 5.81. The van der Waals surface area contributed by atoms with Crippen LogP contribution in [0, 0.1) is 6.92 Å². The van der Waals surface area contributed by atoms with E-state index in [2.05, 4.69) is 50.1 Å². The van der Waals surface area contributed by atoms with Crippen LogP contribution < -0.4 is 0 Å². The molecule has 1 aromatic carbocycles. The lowest BCUT2D eigenvalue weighted by atomic mass is 10.0. The summed E-state index contributed by atoms with van der Waals surface area (Å²) < 4.78 is 0. The Kier molecular flexibility index (Phi) is 13.6. The standard InChI is InChI=1S/C18H31N.C2H6/c1-4-15-19(3)16-9-7-5-6-8-10-18-13-11-17(2)12-14-18;1-2/h11-14H,4-10,15-16H2,1-3H3;1-2H3. The monoisotopic (exact) mass is 291 g/mol. The summed E-state index contributed by atoms with van der Waals surface area (Å²) in [6.07, 6.45) is 9.39. The van der Waals surface area contributed by atoms with Crippen molar-refractivity contribution in [3.05, 3.63) is 35.4 Å². The molecular weight excluding hydrogens is 254 g/mol. The molecule has 0 unspecified atom stereocenters. The van der Waals surface area contributed by atoms with Gasteiger partial charge in [0.05, 0.1) is 0 Å². The van der Waals surface area contributed by atoms with Crippen LogP contribution in [0.2, 0.25) is 0 Å². The van der Waals surface area contributed by atoms with Gasteiger partial charge in [-0.3, -0.25) is 0 Å². The van der Waals surface area contributed by atoms with Crippen molar-refractivity contribution in [1.82, 2.24) is 4.90 Å². The zero-order valence-electron chi connectivity index (χ0n) is 15.1. The van der Waals surface area contributed by atoms with Crippen molar-refractivity contribution >= 4 is 0 Å². The van der Waals surface area contributed by atoms with Crippen molar-refractivity contribution in [2.75, 3.05) is 20.1 Å². The van der Waals surface area contributed by atoms with E-state index in [0.717, 1.165) is 0 Å². The summed E-state index contributed by atoms with van der Waals surface area (Å²) in [5, 5.41) is 0. The van der Waals surface area contributed by atoms with Crippen molar-refractivity contribution < 1.29 is 0 Å². The first-order chi connectivity index (χ1) is 10.2. The van der Waals surface area contributed by atoms with Crippen LogP contribution in [0.15, 0.2) is 24.3 Å². The van der Waals surface area contributed by atoms with Crippen LogP contribution >= 0.6 is 0 Å². The van der Waals surface area contributed by atoms with Gasteiger partial charge >= 0.3 is 0 Å². The number of rotatable bonds is 10. The molecule has 0 fully saturated rings. The SMILES string of the molecule is CC.CCCN(C)CCCCCCCc1ccc(C)cc1. The van der Waals surface area contributed by atoms with Crippen LogP contribution in [0.4, 0.5) is 0 Å². The first-order valence-corrected chi connectivity index (χ1v) is 8.96. The predicted molar refractivity (Wildman–Crippen MR) is 97.1 cm³/mol. The number of hydrogen-bond donors (Lipinski definition) is 0. The molecule has 0 saturated heterocycles. The van der Waals surface area contributed by atoms with Gasteiger partial charge in [-0.15, -0.1) is 0 Å². The van der Waals surface area contributed by atoms with Gasteiger partial charge in [-0.1, -0.05) is 69.9 Å². The average Bonchev–Trinajstić information content (AvgIpc) is 2.50. The Morgan fingerprint density at radius 1 is 0.810 bits per heavy atom. The fourth-order valence-corrected chi connectivity index (χ4v) is 2.49. The van der Waals surface area contributed by atoms with Gasteiger partial charge in [-0.25, -0.2) is 0 Å².